The van der Waals surface area contributed by atoms with Crippen LogP contribution >= 0.6 is 0 Å². The van der Waals surface area contributed by atoms with Crippen molar-refractivity contribution in [2.24, 2.45) is 0 Å². The third kappa shape index (κ3) is 5.97. The van der Waals surface area contributed by atoms with Crippen LogP contribution in [0.1, 0.15) is 61.5 Å². The summed E-state index contributed by atoms with van der Waals surface area (Å²) in [6.07, 6.45) is 2.34. The highest BCUT2D eigenvalue weighted by molar-refractivity contribution is 6.12. The Balaban J connectivity index is 1.71. The number of ether oxygens (including phenoxy) is 1. The molecule has 0 spiro atoms. The molecule has 5 nitrogen and oxygen atoms in total. The molecule has 0 radical (unpaired) electrons. The highest BCUT2D eigenvalue weighted by atomic mass is 19.1. The first kappa shape index (κ1) is 26.9. The van der Waals surface area contributed by atoms with Crippen molar-refractivity contribution < 1.29 is 19.0 Å². The Morgan fingerprint density at radius 3 is 2.28 bits per heavy atom. The van der Waals surface area contributed by atoms with Crippen molar-refractivity contribution in [3.05, 3.63) is 102 Å². The number of aliphatic hydroxyl groups is 1. The van der Waals surface area contributed by atoms with Crippen molar-refractivity contribution in [2.45, 2.75) is 64.4 Å². The molecule has 5 rings (SSSR count). The Labute approximate surface area is 229 Å². The molecule has 0 aliphatic carbocycles. The van der Waals surface area contributed by atoms with E-state index in [0.29, 0.717) is 24.9 Å². The van der Waals surface area contributed by atoms with E-state index in [1.165, 1.54) is 12.1 Å². The van der Waals surface area contributed by atoms with Crippen LogP contribution in [0.3, 0.4) is 0 Å². The number of carbonyl (C=O) groups is 1. The number of nitrogens with zero attached hydrogens (tertiary/aromatic N) is 1. The van der Waals surface area contributed by atoms with Crippen LogP contribution in [-0.4, -0.2) is 28.0 Å². The number of anilines is 1. The average molecular weight is 527 g/mol. The van der Waals surface area contributed by atoms with Crippen molar-refractivity contribution in [1.82, 2.24) is 4.57 Å². The first-order chi connectivity index (χ1) is 18.9. The molecule has 2 heterocycles. The number of aromatic nitrogens is 1. The summed E-state index contributed by atoms with van der Waals surface area (Å²) in [6, 6.07) is 25.8. The summed E-state index contributed by atoms with van der Waals surface area (Å²) in [6.45, 7) is 4.78. The van der Waals surface area contributed by atoms with Crippen LogP contribution in [0, 0.1) is 5.82 Å². The minimum atomic E-state index is -0.735. The summed E-state index contributed by atoms with van der Waals surface area (Å²) in [5, 5.41) is 13.2. The number of nitrogens with one attached hydrogen (secondary N) is 1. The minimum absolute atomic E-state index is 0.0241. The van der Waals surface area contributed by atoms with Gasteiger partial charge in [-0.05, 0) is 79.1 Å². The topological polar surface area (TPSA) is 63.5 Å². The Hall–Kier alpha value is -3.74. The smallest absolute Gasteiger partial charge is 0.258 e. The molecule has 0 saturated carbocycles. The molecule has 202 valence electrons. The molecule has 2 N–H and O–H groups in total. The van der Waals surface area contributed by atoms with Crippen molar-refractivity contribution >= 4 is 11.6 Å². The van der Waals surface area contributed by atoms with Crippen LogP contribution in [-0.2, 0) is 11.3 Å². The van der Waals surface area contributed by atoms with Gasteiger partial charge in [0.1, 0.15) is 5.82 Å². The summed E-state index contributed by atoms with van der Waals surface area (Å²) in [4.78, 5) is 14.1. The lowest BCUT2D eigenvalue weighted by Crippen LogP contribution is -2.28. The Morgan fingerprint density at radius 2 is 1.64 bits per heavy atom. The Kier molecular flexibility index (Phi) is 8.24. The number of para-hydroxylation sites is 1. The number of amides is 1. The van der Waals surface area contributed by atoms with E-state index in [4.69, 9.17) is 4.74 Å². The third-order valence-electron chi connectivity index (χ3n) is 7.29. The van der Waals surface area contributed by atoms with E-state index in [0.717, 1.165) is 46.6 Å². The summed E-state index contributed by atoms with van der Waals surface area (Å²) in [7, 11) is 0. The minimum Gasteiger partial charge on any atom is -0.368 e. The number of hydrogen-bond donors (Lipinski definition) is 2. The van der Waals surface area contributed by atoms with Gasteiger partial charge in [-0.25, -0.2) is 4.39 Å². The largest absolute Gasteiger partial charge is 0.368 e. The molecule has 1 saturated heterocycles. The van der Waals surface area contributed by atoms with E-state index >= 15 is 0 Å². The van der Waals surface area contributed by atoms with E-state index in [-0.39, 0.29) is 23.7 Å². The van der Waals surface area contributed by atoms with Crippen molar-refractivity contribution in [1.29, 1.82) is 0 Å². The van der Waals surface area contributed by atoms with Gasteiger partial charge in [-0.15, -0.1) is 0 Å². The summed E-state index contributed by atoms with van der Waals surface area (Å²) in [5.41, 5.74) is 5.70. The number of rotatable bonds is 8. The second-order valence-electron chi connectivity index (χ2n) is 10.4. The lowest BCUT2D eigenvalue weighted by Gasteiger charge is -2.28. The predicted molar refractivity (Wildman–Crippen MR) is 153 cm³/mol. The molecule has 6 heteroatoms. The average Bonchev–Trinajstić information content (AvgIpc) is 3.29. The van der Waals surface area contributed by atoms with E-state index in [1.807, 2.05) is 60.7 Å². The van der Waals surface area contributed by atoms with Crippen molar-refractivity contribution in [3.63, 3.8) is 0 Å². The zero-order valence-corrected chi connectivity index (χ0v) is 22.4. The van der Waals surface area contributed by atoms with Gasteiger partial charge in [-0.3, -0.25) is 4.79 Å². The zero-order chi connectivity index (χ0) is 27.4. The zero-order valence-electron chi connectivity index (χ0n) is 22.4. The van der Waals surface area contributed by atoms with E-state index in [9.17, 15) is 14.3 Å². The van der Waals surface area contributed by atoms with Gasteiger partial charge in [0, 0.05) is 23.5 Å². The molecule has 1 aromatic heterocycles. The number of hydrogen-bond acceptors (Lipinski definition) is 3. The van der Waals surface area contributed by atoms with Gasteiger partial charge >= 0.3 is 0 Å². The lowest BCUT2D eigenvalue weighted by atomic mass is 9.94. The maximum Gasteiger partial charge on any atom is 0.258 e. The standard InChI is InChI=1S/C33H35FN2O3/c1-22(2)31-30(33(38)35-26-12-7-4-8-13-26)29(23-10-5-3-6-11-23)32(24-16-18-25(34)19-17-24)36(31)21-20-27-14-9-15-28(37)39-27/h3-8,10-13,16-19,22,27-28,37H,9,14-15,20-21H2,1-2H3,(H,35,38)/t27-,28?/m0/s1. The van der Waals surface area contributed by atoms with Gasteiger partial charge in [0.25, 0.3) is 5.91 Å². The first-order valence-corrected chi connectivity index (χ1v) is 13.7. The Bertz CT molecular complexity index is 1400. The number of benzene rings is 3. The predicted octanol–water partition coefficient (Wildman–Crippen LogP) is 7.61. The molecule has 1 amide bonds. The summed E-state index contributed by atoms with van der Waals surface area (Å²) in [5.74, 6) is -0.472. The molecule has 1 fully saturated rings. The lowest BCUT2D eigenvalue weighted by molar-refractivity contribution is -0.164. The quantitative estimate of drug-likeness (QED) is 0.248. The third-order valence-corrected chi connectivity index (χ3v) is 7.29. The van der Waals surface area contributed by atoms with Gasteiger partial charge in [0.2, 0.25) is 0 Å². The monoisotopic (exact) mass is 526 g/mol. The molecule has 39 heavy (non-hydrogen) atoms. The molecule has 1 aliphatic rings. The molecular formula is C33H35FN2O3. The van der Waals surface area contributed by atoms with Crippen LogP contribution in [0.25, 0.3) is 22.4 Å². The normalized spacial score (nSPS) is 17.4. The molecule has 2 atom stereocenters. The Morgan fingerprint density at radius 1 is 0.974 bits per heavy atom. The fraction of sp³-hybridized carbons (Fsp3) is 0.303. The van der Waals surface area contributed by atoms with Crippen molar-refractivity contribution in [3.8, 4) is 22.4 Å². The number of halogens is 1. The molecule has 4 aromatic rings. The second-order valence-corrected chi connectivity index (χ2v) is 10.4. The fourth-order valence-corrected chi connectivity index (χ4v) is 5.57. The number of aliphatic hydroxyl groups excluding tert-OH is 1. The molecule has 1 aliphatic heterocycles. The van der Waals surface area contributed by atoms with Crippen LogP contribution in [0.5, 0.6) is 0 Å². The fourth-order valence-electron chi connectivity index (χ4n) is 5.57. The van der Waals surface area contributed by atoms with Crippen LogP contribution in [0.15, 0.2) is 84.9 Å². The van der Waals surface area contributed by atoms with E-state index in [1.54, 1.807) is 12.1 Å². The molecule has 3 aromatic carbocycles. The van der Waals surface area contributed by atoms with Gasteiger partial charge < -0.3 is 19.7 Å². The van der Waals surface area contributed by atoms with Gasteiger partial charge in [-0.1, -0.05) is 62.4 Å². The highest BCUT2D eigenvalue weighted by Gasteiger charge is 2.31. The summed E-state index contributed by atoms with van der Waals surface area (Å²) >= 11 is 0. The van der Waals surface area contributed by atoms with E-state index < -0.39 is 6.29 Å². The van der Waals surface area contributed by atoms with Crippen LogP contribution in [0.2, 0.25) is 0 Å². The van der Waals surface area contributed by atoms with Gasteiger partial charge in [-0.2, -0.15) is 0 Å². The maximum absolute atomic E-state index is 14.1. The first-order valence-electron chi connectivity index (χ1n) is 13.7. The maximum atomic E-state index is 14.1. The SMILES string of the molecule is CC(C)c1c(C(=O)Nc2ccccc2)c(-c2ccccc2)c(-c2ccc(F)cc2)n1CC[C@@H]1CCCC(O)O1. The van der Waals surface area contributed by atoms with Crippen LogP contribution < -0.4 is 5.32 Å². The molecule has 0 bridgehead atoms. The molecule has 1 unspecified atom stereocenters. The second kappa shape index (κ2) is 12.0. The number of carbonyl (C=O) groups excluding carboxylic acids is 1. The highest BCUT2D eigenvalue weighted by Crippen LogP contribution is 2.43. The summed E-state index contributed by atoms with van der Waals surface area (Å²) < 4.78 is 22.1. The van der Waals surface area contributed by atoms with Crippen molar-refractivity contribution in [2.75, 3.05) is 5.32 Å². The van der Waals surface area contributed by atoms with E-state index in [2.05, 4.69) is 23.7 Å². The van der Waals surface area contributed by atoms with Gasteiger partial charge in [0.15, 0.2) is 6.29 Å². The van der Waals surface area contributed by atoms with Crippen LogP contribution in [0.4, 0.5) is 10.1 Å². The van der Waals surface area contributed by atoms with Gasteiger partial charge in [0.05, 0.1) is 17.4 Å². The molecular weight excluding hydrogens is 491 g/mol.